The number of hydrogen-bond acceptors (Lipinski definition) is 3. The van der Waals surface area contributed by atoms with Crippen LogP contribution in [0.3, 0.4) is 0 Å². The first kappa shape index (κ1) is 11.7. The summed E-state index contributed by atoms with van der Waals surface area (Å²) in [6.45, 7) is 2.39. The van der Waals surface area contributed by atoms with Crippen LogP contribution in [0.15, 0.2) is 40.1 Å². The Balaban J connectivity index is 2.49. The van der Waals surface area contributed by atoms with Crippen LogP contribution in [0.2, 0.25) is 0 Å². The van der Waals surface area contributed by atoms with E-state index in [0.717, 1.165) is 16.7 Å². The number of amides is 1. The molecule has 1 aromatic rings. The fourth-order valence-corrected chi connectivity index (χ4v) is 2.71. The number of hydrogen-bond donors (Lipinski definition) is 1. The Morgan fingerprint density at radius 1 is 1.47 bits per heavy atom. The number of carboxylic acid groups (broad SMARTS) is 1. The summed E-state index contributed by atoms with van der Waals surface area (Å²) >= 11 is 1.20. The quantitative estimate of drug-likeness (QED) is 0.816. The molecule has 17 heavy (non-hydrogen) atoms. The molecule has 1 aliphatic rings. The Morgan fingerprint density at radius 2 is 2.18 bits per heavy atom. The van der Waals surface area contributed by atoms with Crippen LogP contribution in [-0.4, -0.2) is 23.5 Å². The van der Waals surface area contributed by atoms with Gasteiger partial charge in [-0.25, -0.2) is 4.79 Å². The van der Waals surface area contributed by atoms with Crippen LogP contribution in [0, 0.1) is 0 Å². The number of fused-ring (bicyclic) bond motifs is 1. The number of benzene rings is 1. The van der Waals surface area contributed by atoms with E-state index in [-0.39, 0.29) is 10.8 Å². The lowest BCUT2D eigenvalue weighted by Gasteiger charge is -2.28. The summed E-state index contributed by atoms with van der Waals surface area (Å²) < 4.78 is 0. The monoisotopic (exact) mass is 249 g/mol. The number of carbonyl (C=O) groups is 2. The lowest BCUT2D eigenvalue weighted by molar-refractivity contribution is -0.131. The molecule has 0 bridgehead atoms. The van der Waals surface area contributed by atoms with Gasteiger partial charge in [0.15, 0.2) is 0 Å². The number of para-hydroxylation sites is 1. The highest BCUT2D eigenvalue weighted by atomic mass is 32.2. The molecule has 1 amide bonds. The van der Waals surface area contributed by atoms with Gasteiger partial charge in [-0.05, 0) is 19.1 Å². The van der Waals surface area contributed by atoms with Crippen molar-refractivity contribution in [1.82, 2.24) is 0 Å². The van der Waals surface area contributed by atoms with E-state index >= 15 is 0 Å². The number of carbonyl (C=O) groups excluding carboxylic acids is 1. The molecule has 88 valence electrons. The molecule has 1 aromatic carbocycles. The van der Waals surface area contributed by atoms with E-state index in [1.54, 1.807) is 4.90 Å². The molecule has 1 aliphatic heterocycles. The third kappa shape index (κ3) is 2.19. The first-order valence-electron chi connectivity index (χ1n) is 5.17. The number of thioether (sulfide) groups is 1. The average Bonchev–Trinajstić information content (AvgIpc) is 2.30. The summed E-state index contributed by atoms with van der Waals surface area (Å²) in [5.74, 6) is -1.35. The van der Waals surface area contributed by atoms with Crippen molar-refractivity contribution in [1.29, 1.82) is 0 Å². The van der Waals surface area contributed by atoms with Gasteiger partial charge >= 0.3 is 5.97 Å². The number of likely N-dealkylation sites (N-methyl/N-ethyl adjacent to an activating group) is 1. The number of anilines is 1. The molecule has 0 spiro atoms. The third-order valence-corrected chi connectivity index (χ3v) is 3.48. The van der Waals surface area contributed by atoms with Crippen molar-refractivity contribution in [2.24, 2.45) is 0 Å². The average molecular weight is 249 g/mol. The second-order valence-electron chi connectivity index (χ2n) is 3.47. The Morgan fingerprint density at radius 3 is 2.82 bits per heavy atom. The Labute approximate surface area is 103 Å². The van der Waals surface area contributed by atoms with Crippen LogP contribution in [0.25, 0.3) is 0 Å². The van der Waals surface area contributed by atoms with Crippen molar-refractivity contribution in [3.63, 3.8) is 0 Å². The number of nitrogens with zero attached hydrogens (tertiary/aromatic N) is 1. The Kier molecular flexibility index (Phi) is 3.19. The molecule has 0 saturated carbocycles. The van der Waals surface area contributed by atoms with Crippen LogP contribution in [0.5, 0.6) is 0 Å². The van der Waals surface area contributed by atoms with Crippen LogP contribution in [0.4, 0.5) is 5.69 Å². The van der Waals surface area contributed by atoms with E-state index in [2.05, 4.69) is 0 Å². The largest absolute Gasteiger partial charge is 0.478 e. The van der Waals surface area contributed by atoms with E-state index < -0.39 is 5.97 Å². The predicted molar refractivity (Wildman–Crippen MR) is 66.0 cm³/mol. The van der Waals surface area contributed by atoms with Crippen LogP contribution in [0.1, 0.15) is 6.92 Å². The maximum atomic E-state index is 12.0. The van der Waals surface area contributed by atoms with Crippen molar-refractivity contribution >= 4 is 29.3 Å². The predicted octanol–water partition coefficient (Wildman–Crippen LogP) is 2.11. The van der Waals surface area contributed by atoms with Gasteiger partial charge in [-0.15, -0.1) is 0 Å². The Bertz CT molecular complexity index is 510. The number of aliphatic carboxylic acids is 1. The van der Waals surface area contributed by atoms with Gasteiger partial charge in [-0.3, -0.25) is 4.79 Å². The minimum atomic E-state index is -1.10. The minimum Gasteiger partial charge on any atom is -0.478 e. The molecule has 0 radical (unpaired) electrons. The maximum absolute atomic E-state index is 12.0. The highest BCUT2D eigenvalue weighted by Gasteiger charge is 2.28. The van der Waals surface area contributed by atoms with E-state index in [4.69, 9.17) is 5.11 Å². The fourth-order valence-electron chi connectivity index (χ4n) is 1.69. The highest BCUT2D eigenvalue weighted by molar-refractivity contribution is 8.04. The minimum absolute atomic E-state index is 0.248. The summed E-state index contributed by atoms with van der Waals surface area (Å²) in [4.78, 5) is 25.4. The molecule has 5 heteroatoms. The SMILES string of the molecule is CCN1C(=O)/C(=C/C(=O)O)Sc2ccccc21. The van der Waals surface area contributed by atoms with Crippen molar-refractivity contribution in [2.45, 2.75) is 11.8 Å². The van der Waals surface area contributed by atoms with Crippen LogP contribution in [-0.2, 0) is 9.59 Å². The molecule has 0 fully saturated rings. The number of carboxylic acids is 1. The Hall–Kier alpha value is -1.75. The second kappa shape index (κ2) is 4.63. The molecule has 4 nitrogen and oxygen atoms in total. The molecule has 0 aromatic heterocycles. The highest BCUT2D eigenvalue weighted by Crippen LogP contribution is 2.40. The summed E-state index contributed by atoms with van der Waals surface area (Å²) in [6, 6.07) is 7.47. The van der Waals surface area contributed by atoms with E-state index in [0.29, 0.717) is 6.54 Å². The van der Waals surface area contributed by atoms with Gasteiger partial charge in [-0.1, -0.05) is 23.9 Å². The van der Waals surface area contributed by atoms with E-state index in [9.17, 15) is 9.59 Å². The van der Waals surface area contributed by atoms with Crippen molar-refractivity contribution in [2.75, 3.05) is 11.4 Å². The zero-order chi connectivity index (χ0) is 12.4. The maximum Gasteiger partial charge on any atom is 0.329 e. The summed E-state index contributed by atoms with van der Waals surface area (Å²) in [5.41, 5.74) is 0.840. The van der Waals surface area contributed by atoms with Gasteiger partial charge in [0.1, 0.15) is 0 Å². The zero-order valence-corrected chi connectivity index (χ0v) is 10.0. The standard InChI is InChI=1S/C12H11NO3S/c1-2-13-8-5-3-4-6-9(8)17-10(12(13)16)7-11(14)15/h3-7H,2H2,1H3,(H,14,15)/b10-7-. The normalized spacial score (nSPS) is 17.1. The van der Waals surface area contributed by atoms with E-state index in [1.807, 2.05) is 31.2 Å². The van der Waals surface area contributed by atoms with E-state index in [1.165, 1.54) is 11.8 Å². The topological polar surface area (TPSA) is 57.6 Å². The molecule has 0 atom stereocenters. The zero-order valence-electron chi connectivity index (χ0n) is 9.21. The van der Waals surface area contributed by atoms with Crippen LogP contribution < -0.4 is 4.90 Å². The van der Waals surface area contributed by atoms with Gasteiger partial charge in [0.25, 0.3) is 5.91 Å². The van der Waals surface area contributed by atoms with Gasteiger partial charge in [0.2, 0.25) is 0 Å². The summed E-state index contributed by atoms with van der Waals surface area (Å²) in [5, 5.41) is 8.73. The third-order valence-electron chi connectivity index (χ3n) is 2.40. The van der Waals surface area contributed by atoms with Crippen LogP contribution >= 0.6 is 11.8 Å². The first-order chi connectivity index (χ1) is 8.13. The van der Waals surface area contributed by atoms with Crippen molar-refractivity contribution < 1.29 is 14.7 Å². The van der Waals surface area contributed by atoms with Crippen molar-refractivity contribution in [3.05, 3.63) is 35.2 Å². The first-order valence-corrected chi connectivity index (χ1v) is 5.98. The van der Waals surface area contributed by atoms with Crippen molar-refractivity contribution in [3.8, 4) is 0 Å². The molecule has 1 N–H and O–H groups in total. The van der Waals surface area contributed by atoms with Gasteiger partial charge < -0.3 is 10.0 Å². The molecule has 1 heterocycles. The molecule has 0 aliphatic carbocycles. The van der Waals surface area contributed by atoms with Gasteiger partial charge in [0.05, 0.1) is 10.6 Å². The lowest BCUT2D eigenvalue weighted by Crippen LogP contribution is -2.34. The summed E-state index contributed by atoms with van der Waals surface area (Å²) in [7, 11) is 0. The van der Waals surface area contributed by atoms with Gasteiger partial charge in [-0.2, -0.15) is 0 Å². The number of rotatable bonds is 2. The lowest BCUT2D eigenvalue weighted by atomic mass is 10.2. The molecular weight excluding hydrogens is 238 g/mol. The second-order valence-corrected chi connectivity index (χ2v) is 4.55. The molecule has 0 saturated heterocycles. The molecule has 2 rings (SSSR count). The summed E-state index contributed by atoms with van der Waals surface area (Å²) in [6.07, 6.45) is 0.964. The molecular formula is C12H11NO3S. The smallest absolute Gasteiger partial charge is 0.329 e. The fraction of sp³-hybridized carbons (Fsp3) is 0.167. The molecule has 0 unspecified atom stereocenters. The van der Waals surface area contributed by atoms with Gasteiger partial charge in [0, 0.05) is 17.5 Å².